The molecule has 0 heterocycles. The molecule has 1 aromatic carbocycles. The van der Waals surface area contributed by atoms with Crippen molar-refractivity contribution in [1.29, 1.82) is 0 Å². The second kappa shape index (κ2) is 11.6. The van der Waals surface area contributed by atoms with E-state index in [0.717, 1.165) is 32.1 Å². The Bertz CT molecular complexity index is 385. The fourth-order valence-electron chi connectivity index (χ4n) is 2.23. The van der Waals surface area contributed by atoms with Crippen LogP contribution in [-0.4, -0.2) is 11.2 Å². The largest absolute Gasteiger partial charge is 0.380 e. The maximum Gasteiger partial charge on any atom is 0.114 e. The monoisotopic (exact) mass is 272 g/mol. The second-order valence-corrected chi connectivity index (χ2v) is 5.38. The van der Waals surface area contributed by atoms with E-state index < -0.39 is 6.10 Å². The van der Waals surface area contributed by atoms with Crippen molar-refractivity contribution in [2.75, 3.05) is 0 Å². The zero-order valence-electron chi connectivity index (χ0n) is 12.8. The van der Waals surface area contributed by atoms with Gasteiger partial charge in [-0.2, -0.15) is 0 Å². The summed E-state index contributed by atoms with van der Waals surface area (Å²) in [5.41, 5.74) is 1.37. The van der Waals surface area contributed by atoms with Gasteiger partial charge in [0.25, 0.3) is 0 Å². The molecule has 1 aromatic rings. The molecule has 0 aromatic heterocycles. The molecule has 0 aliphatic rings. The second-order valence-electron chi connectivity index (χ2n) is 5.38. The zero-order valence-corrected chi connectivity index (χ0v) is 12.8. The molecule has 0 aliphatic carbocycles. The minimum Gasteiger partial charge on any atom is -0.380 e. The fourth-order valence-corrected chi connectivity index (χ4v) is 2.23. The summed E-state index contributed by atoms with van der Waals surface area (Å²) in [4.78, 5) is 0. The topological polar surface area (TPSA) is 20.2 Å². The molecule has 1 N–H and O–H groups in total. The Morgan fingerprint density at radius 2 is 1.75 bits per heavy atom. The van der Waals surface area contributed by atoms with Gasteiger partial charge in [0, 0.05) is 6.42 Å². The van der Waals surface area contributed by atoms with Crippen LogP contribution in [0.15, 0.2) is 30.3 Å². The molecular formula is C19H28O. The van der Waals surface area contributed by atoms with E-state index in [9.17, 15) is 5.11 Å². The molecule has 0 unspecified atom stereocenters. The van der Waals surface area contributed by atoms with Crippen molar-refractivity contribution in [2.45, 2.75) is 70.8 Å². The first-order valence-corrected chi connectivity index (χ1v) is 8.03. The number of aliphatic hydroxyl groups excluding tert-OH is 1. The third-order valence-electron chi connectivity index (χ3n) is 3.46. The minimum absolute atomic E-state index is 0.423. The number of unbranched alkanes of at least 4 members (excludes halogenated alkanes) is 5. The Morgan fingerprint density at radius 1 is 1.00 bits per heavy atom. The molecule has 0 fully saturated rings. The van der Waals surface area contributed by atoms with Crippen molar-refractivity contribution >= 4 is 0 Å². The van der Waals surface area contributed by atoms with Crippen molar-refractivity contribution in [3.63, 3.8) is 0 Å². The predicted octanol–water partition coefficient (Wildman–Crippen LogP) is 4.73. The Kier molecular flexibility index (Phi) is 9.70. The average molecular weight is 272 g/mol. The molecule has 0 saturated carbocycles. The molecular weight excluding hydrogens is 244 g/mol. The van der Waals surface area contributed by atoms with Crippen LogP contribution in [0.3, 0.4) is 0 Å². The van der Waals surface area contributed by atoms with E-state index in [2.05, 4.69) is 43.0 Å². The molecule has 20 heavy (non-hydrogen) atoms. The van der Waals surface area contributed by atoms with Crippen molar-refractivity contribution in [1.82, 2.24) is 0 Å². The van der Waals surface area contributed by atoms with Gasteiger partial charge in [-0.05, 0) is 31.2 Å². The van der Waals surface area contributed by atoms with Crippen molar-refractivity contribution < 1.29 is 5.11 Å². The van der Waals surface area contributed by atoms with Crippen LogP contribution < -0.4 is 0 Å². The number of aliphatic hydroxyl groups is 1. The van der Waals surface area contributed by atoms with Gasteiger partial charge in [0.2, 0.25) is 0 Å². The number of benzene rings is 1. The lowest BCUT2D eigenvalue weighted by Crippen LogP contribution is -2.02. The van der Waals surface area contributed by atoms with Crippen LogP contribution in [0.4, 0.5) is 0 Å². The third kappa shape index (κ3) is 8.77. The average Bonchev–Trinajstić information content (AvgIpc) is 2.48. The first kappa shape index (κ1) is 16.8. The summed E-state index contributed by atoms with van der Waals surface area (Å²) in [5, 5.41) is 9.75. The van der Waals surface area contributed by atoms with E-state index in [4.69, 9.17) is 0 Å². The van der Waals surface area contributed by atoms with E-state index in [0.29, 0.717) is 0 Å². The lowest BCUT2D eigenvalue weighted by Gasteiger charge is -2.02. The van der Waals surface area contributed by atoms with Gasteiger partial charge in [-0.15, -0.1) is 5.92 Å². The molecule has 0 spiro atoms. The van der Waals surface area contributed by atoms with Crippen molar-refractivity contribution in [3.05, 3.63) is 35.9 Å². The normalized spacial score (nSPS) is 11.7. The van der Waals surface area contributed by atoms with Crippen molar-refractivity contribution in [2.24, 2.45) is 0 Å². The maximum absolute atomic E-state index is 9.75. The Hall–Kier alpha value is -1.26. The fraction of sp³-hybridized carbons (Fsp3) is 0.579. The summed E-state index contributed by atoms with van der Waals surface area (Å²) >= 11 is 0. The van der Waals surface area contributed by atoms with Crippen LogP contribution in [0.2, 0.25) is 0 Å². The molecule has 1 atom stereocenters. The quantitative estimate of drug-likeness (QED) is 0.509. The smallest absolute Gasteiger partial charge is 0.114 e. The maximum atomic E-state index is 9.75. The highest BCUT2D eigenvalue weighted by molar-refractivity contribution is 5.15. The third-order valence-corrected chi connectivity index (χ3v) is 3.46. The summed E-state index contributed by atoms with van der Waals surface area (Å²) in [6, 6.07) is 10.5. The van der Waals surface area contributed by atoms with Crippen LogP contribution in [0.25, 0.3) is 0 Å². The molecule has 1 heteroatoms. The van der Waals surface area contributed by atoms with Crippen LogP contribution in [0.5, 0.6) is 0 Å². The first-order chi connectivity index (χ1) is 9.83. The summed E-state index contributed by atoms with van der Waals surface area (Å²) in [7, 11) is 0. The zero-order chi connectivity index (χ0) is 14.5. The highest BCUT2D eigenvalue weighted by Gasteiger charge is 1.98. The first-order valence-electron chi connectivity index (χ1n) is 8.03. The standard InChI is InChI=1S/C19H28O/c1-2-3-4-5-11-16-19(20)17-12-7-10-15-18-13-8-6-9-14-18/h6,8-9,13-14,19-20H,2-5,7,10-11,15-16H2,1H3/t19-/m0/s1. The van der Waals surface area contributed by atoms with E-state index in [1.807, 2.05) is 6.07 Å². The van der Waals surface area contributed by atoms with Gasteiger partial charge in [-0.1, -0.05) is 68.9 Å². The summed E-state index contributed by atoms with van der Waals surface area (Å²) in [6.45, 7) is 2.22. The lowest BCUT2D eigenvalue weighted by molar-refractivity contribution is 0.217. The summed E-state index contributed by atoms with van der Waals surface area (Å²) < 4.78 is 0. The Morgan fingerprint density at radius 3 is 2.50 bits per heavy atom. The summed E-state index contributed by atoms with van der Waals surface area (Å²) in [6.07, 6.45) is 9.60. The molecule has 0 saturated heterocycles. The van der Waals surface area contributed by atoms with Gasteiger partial charge in [0.05, 0.1) is 0 Å². The SMILES string of the molecule is CCCCCCC[C@H](O)C#CCCCc1ccccc1. The summed E-state index contributed by atoms with van der Waals surface area (Å²) in [5.74, 6) is 6.07. The highest BCUT2D eigenvalue weighted by atomic mass is 16.3. The predicted molar refractivity (Wildman–Crippen MR) is 86.5 cm³/mol. The molecule has 1 nitrogen and oxygen atoms in total. The molecule has 1 rings (SSSR count). The van der Waals surface area contributed by atoms with Gasteiger partial charge >= 0.3 is 0 Å². The minimum atomic E-state index is -0.423. The van der Waals surface area contributed by atoms with Crippen LogP contribution in [0, 0.1) is 11.8 Å². The van der Waals surface area contributed by atoms with Crippen molar-refractivity contribution in [3.8, 4) is 11.8 Å². The van der Waals surface area contributed by atoms with Gasteiger partial charge < -0.3 is 5.11 Å². The van der Waals surface area contributed by atoms with Gasteiger partial charge in [0.15, 0.2) is 0 Å². The van der Waals surface area contributed by atoms with Crippen LogP contribution >= 0.6 is 0 Å². The van der Waals surface area contributed by atoms with Gasteiger partial charge in [0.1, 0.15) is 6.10 Å². The number of hydrogen-bond donors (Lipinski definition) is 1. The lowest BCUT2D eigenvalue weighted by atomic mass is 10.1. The molecule has 0 amide bonds. The molecule has 110 valence electrons. The molecule has 0 radical (unpaired) electrons. The van der Waals surface area contributed by atoms with Crippen LogP contribution in [0.1, 0.15) is 63.9 Å². The Balaban J connectivity index is 2.03. The number of rotatable bonds is 9. The van der Waals surface area contributed by atoms with Gasteiger partial charge in [-0.3, -0.25) is 0 Å². The van der Waals surface area contributed by atoms with E-state index in [1.165, 1.54) is 31.2 Å². The number of aryl methyl sites for hydroxylation is 1. The van der Waals surface area contributed by atoms with E-state index in [1.54, 1.807) is 0 Å². The Labute approximate surface area is 124 Å². The van der Waals surface area contributed by atoms with Crippen LogP contribution in [-0.2, 0) is 6.42 Å². The van der Waals surface area contributed by atoms with E-state index in [-0.39, 0.29) is 0 Å². The molecule has 0 bridgehead atoms. The van der Waals surface area contributed by atoms with E-state index >= 15 is 0 Å². The van der Waals surface area contributed by atoms with Gasteiger partial charge in [-0.25, -0.2) is 0 Å². The number of hydrogen-bond acceptors (Lipinski definition) is 1. The molecule has 0 aliphatic heterocycles. The highest BCUT2D eigenvalue weighted by Crippen LogP contribution is 2.07.